The number of hydrogen-bond donors (Lipinski definition) is 0. The molecule has 0 radical (unpaired) electrons. The summed E-state index contributed by atoms with van der Waals surface area (Å²) >= 11 is 3.83. The first-order valence-corrected chi connectivity index (χ1v) is 8.08. The third-order valence-electron chi connectivity index (χ3n) is 4.39. The molecule has 1 aliphatic rings. The topological polar surface area (TPSA) is 9.23 Å². The number of hydrogen-bond acceptors (Lipinski definition) is 1. The zero-order valence-corrected chi connectivity index (χ0v) is 14.1. The van der Waals surface area contributed by atoms with Gasteiger partial charge in [0.2, 0.25) is 0 Å². The van der Waals surface area contributed by atoms with Gasteiger partial charge in [0.05, 0.1) is 5.60 Å². The molecule has 0 saturated heterocycles. The van der Waals surface area contributed by atoms with Crippen LogP contribution in [0.5, 0.6) is 0 Å². The van der Waals surface area contributed by atoms with Gasteiger partial charge < -0.3 is 4.74 Å². The Morgan fingerprint density at radius 1 is 1.21 bits per heavy atom. The van der Waals surface area contributed by atoms with Gasteiger partial charge in [0.1, 0.15) is 0 Å². The molecule has 1 saturated carbocycles. The lowest BCUT2D eigenvalue weighted by Gasteiger charge is -2.42. The Kier molecular flexibility index (Phi) is 4.42. The molecule has 0 bridgehead atoms. The fourth-order valence-corrected chi connectivity index (χ4v) is 3.59. The van der Waals surface area contributed by atoms with Crippen LogP contribution in [-0.2, 0) is 10.2 Å². The summed E-state index contributed by atoms with van der Waals surface area (Å²) in [7, 11) is 1.85. The highest BCUT2D eigenvalue weighted by Gasteiger charge is 2.38. The predicted molar refractivity (Wildman–Crippen MR) is 85.0 cm³/mol. The Balaban J connectivity index is 2.05. The lowest BCUT2D eigenvalue weighted by molar-refractivity contribution is -0.0773. The second-order valence-corrected chi connectivity index (χ2v) is 7.89. The Morgan fingerprint density at radius 2 is 1.79 bits per heavy atom. The molecular weight excluding hydrogens is 300 g/mol. The van der Waals surface area contributed by atoms with Crippen molar-refractivity contribution in [3.63, 3.8) is 0 Å². The number of benzene rings is 1. The quantitative estimate of drug-likeness (QED) is 0.675. The summed E-state index contributed by atoms with van der Waals surface area (Å²) in [5.74, 6) is 0. The van der Waals surface area contributed by atoms with E-state index in [0.29, 0.717) is 4.83 Å². The van der Waals surface area contributed by atoms with Crippen molar-refractivity contribution in [3.8, 4) is 0 Å². The minimum Gasteiger partial charge on any atom is -0.378 e. The highest BCUT2D eigenvalue weighted by atomic mass is 79.9. The molecule has 1 unspecified atom stereocenters. The lowest BCUT2D eigenvalue weighted by Crippen LogP contribution is -2.39. The van der Waals surface area contributed by atoms with Crippen molar-refractivity contribution in [2.75, 3.05) is 7.11 Å². The van der Waals surface area contributed by atoms with E-state index in [0.717, 1.165) is 6.42 Å². The predicted octanol–water partition coefficient (Wildman–Crippen LogP) is 5.38. The third kappa shape index (κ3) is 3.41. The smallest absolute Gasteiger partial charge is 0.0692 e. The number of rotatable bonds is 4. The molecule has 1 fully saturated rings. The van der Waals surface area contributed by atoms with Crippen molar-refractivity contribution >= 4 is 15.9 Å². The van der Waals surface area contributed by atoms with E-state index in [1.165, 1.54) is 30.4 Å². The van der Waals surface area contributed by atoms with Crippen molar-refractivity contribution in [2.45, 2.75) is 62.3 Å². The highest BCUT2D eigenvalue weighted by molar-refractivity contribution is 9.09. The summed E-state index contributed by atoms with van der Waals surface area (Å²) in [4.78, 5) is 0.391. The van der Waals surface area contributed by atoms with Gasteiger partial charge in [-0.3, -0.25) is 0 Å². The molecule has 1 atom stereocenters. The second kappa shape index (κ2) is 5.57. The van der Waals surface area contributed by atoms with Crippen LogP contribution in [0.25, 0.3) is 0 Å². The van der Waals surface area contributed by atoms with E-state index in [-0.39, 0.29) is 11.0 Å². The monoisotopic (exact) mass is 324 g/mol. The molecule has 1 aromatic rings. The zero-order valence-electron chi connectivity index (χ0n) is 12.5. The summed E-state index contributed by atoms with van der Waals surface area (Å²) in [6.45, 7) is 6.76. The molecule has 0 aromatic heterocycles. The molecule has 1 aromatic carbocycles. The van der Waals surface area contributed by atoms with E-state index in [1.807, 2.05) is 7.11 Å². The van der Waals surface area contributed by atoms with Crippen molar-refractivity contribution < 1.29 is 4.74 Å². The Hall–Kier alpha value is -0.340. The average Bonchev–Trinajstić information content (AvgIpc) is 2.32. The van der Waals surface area contributed by atoms with Gasteiger partial charge in [0, 0.05) is 11.9 Å². The summed E-state index contributed by atoms with van der Waals surface area (Å²) < 4.78 is 5.71. The lowest BCUT2D eigenvalue weighted by atomic mass is 9.76. The number of alkyl halides is 1. The fourth-order valence-electron chi connectivity index (χ4n) is 2.70. The van der Waals surface area contributed by atoms with Gasteiger partial charge in [-0.25, -0.2) is 0 Å². The van der Waals surface area contributed by atoms with Crippen LogP contribution < -0.4 is 0 Å². The first-order chi connectivity index (χ1) is 8.86. The van der Waals surface area contributed by atoms with Crippen LogP contribution in [0, 0.1) is 0 Å². The Bertz CT molecular complexity index is 406. The maximum atomic E-state index is 5.71. The van der Waals surface area contributed by atoms with E-state index in [1.54, 1.807) is 0 Å². The largest absolute Gasteiger partial charge is 0.378 e. The maximum Gasteiger partial charge on any atom is 0.0692 e. The van der Waals surface area contributed by atoms with Crippen molar-refractivity contribution in [3.05, 3.63) is 35.4 Å². The minimum absolute atomic E-state index is 0.122. The van der Waals surface area contributed by atoms with Crippen LogP contribution in [-0.4, -0.2) is 12.7 Å². The van der Waals surface area contributed by atoms with E-state index < -0.39 is 0 Å². The summed E-state index contributed by atoms with van der Waals surface area (Å²) in [6, 6.07) is 9.01. The van der Waals surface area contributed by atoms with Crippen LogP contribution in [0.2, 0.25) is 0 Å². The van der Waals surface area contributed by atoms with Gasteiger partial charge in [-0.05, 0) is 42.2 Å². The van der Waals surface area contributed by atoms with Gasteiger partial charge in [0.25, 0.3) is 0 Å². The van der Waals surface area contributed by atoms with Gasteiger partial charge >= 0.3 is 0 Å². The average molecular weight is 325 g/mol. The van der Waals surface area contributed by atoms with Crippen LogP contribution in [0.3, 0.4) is 0 Å². The molecule has 19 heavy (non-hydrogen) atoms. The molecule has 0 heterocycles. The molecule has 1 aliphatic carbocycles. The summed E-state index contributed by atoms with van der Waals surface area (Å²) in [6.07, 6.45) is 4.77. The molecule has 1 nitrogen and oxygen atoms in total. The second-order valence-electron chi connectivity index (χ2n) is 6.78. The van der Waals surface area contributed by atoms with Crippen LogP contribution in [0.15, 0.2) is 24.3 Å². The normalized spacial score (nSPS) is 19.8. The summed E-state index contributed by atoms with van der Waals surface area (Å²) in [5, 5.41) is 0. The fraction of sp³-hybridized carbons (Fsp3) is 0.647. The SMILES string of the molecule is COC1(CC(Br)c2ccc(C(C)(C)C)cc2)CCC1. The Labute approximate surface area is 125 Å². The van der Waals surface area contributed by atoms with E-state index in [4.69, 9.17) is 4.74 Å². The first kappa shape index (κ1) is 15.1. The minimum atomic E-state index is 0.122. The summed E-state index contributed by atoms with van der Waals surface area (Å²) in [5.41, 5.74) is 3.09. The number of halogens is 1. The van der Waals surface area contributed by atoms with E-state index in [2.05, 4.69) is 61.0 Å². The van der Waals surface area contributed by atoms with Crippen molar-refractivity contribution in [1.82, 2.24) is 0 Å². The standard InChI is InChI=1S/C17H25BrO/c1-16(2,3)14-8-6-13(7-9-14)15(18)12-17(19-4)10-5-11-17/h6-9,15H,5,10-12H2,1-4H3. The molecule has 2 rings (SSSR count). The first-order valence-electron chi connectivity index (χ1n) is 7.16. The van der Waals surface area contributed by atoms with Gasteiger partial charge in [-0.2, -0.15) is 0 Å². The number of ether oxygens (including phenoxy) is 1. The van der Waals surface area contributed by atoms with Crippen molar-refractivity contribution in [1.29, 1.82) is 0 Å². The van der Waals surface area contributed by atoms with Gasteiger partial charge in [-0.1, -0.05) is 61.0 Å². The van der Waals surface area contributed by atoms with Crippen molar-refractivity contribution in [2.24, 2.45) is 0 Å². The molecule has 2 heteroatoms. The zero-order chi connectivity index (χ0) is 14.1. The van der Waals surface area contributed by atoms with Crippen LogP contribution in [0.1, 0.15) is 62.4 Å². The molecule has 0 amide bonds. The maximum absolute atomic E-state index is 5.71. The highest BCUT2D eigenvalue weighted by Crippen LogP contribution is 2.44. The molecule has 0 N–H and O–H groups in total. The molecule has 106 valence electrons. The van der Waals surface area contributed by atoms with Gasteiger partial charge in [0.15, 0.2) is 0 Å². The molecule has 0 spiro atoms. The molecule has 0 aliphatic heterocycles. The Morgan fingerprint density at radius 3 is 2.16 bits per heavy atom. The van der Waals surface area contributed by atoms with Crippen LogP contribution in [0.4, 0.5) is 0 Å². The molecular formula is C17H25BrO. The van der Waals surface area contributed by atoms with E-state index in [9.17, 15) is 0 Å². The van der Waals surface area contributed by atoms with Gasteiger partial charge in [-0.15, -0.1) is 0 Å². The number of methoxy groups -OCH3 is 1. The van der Waals surface area contributed by atoms with E-state index >= 15 is 0 Å². The third-order valence-corrected chi connectivity index (χ3v) is 5.24. The van der Waals surface area contributed by atoms with Crippen LogP contribution >= 0.6 is 15.9 Å².